The van der Waals surface area contributed by atoms with Crippen LogP contribution in [-0.4, -0.2) is 50.9 Å². The summed E-state index contributed by atoms with van der Waals surface area (Å²) < 4.78 is 1.29. The van der Waals surface area contributed by atoms with Crippen LogP contribution in [0.15, 0.2) is 18.7 Å². The molecule has 1 aromatic heterocycles. The Morgan fingerprint density at radius 2 is 2.04 bits per heavy atom. The van der Waals surface area contributed by atoms with Crippen LogP contribution in [0.4, 0.5) is 0 Å². The van der Waals surface area contributed by atoms with Crippen molar-refractivity contribution in [2.24, 2.45) is 5.73 Å². The zero-order valence-corrected chi connectivity index (χ0v) is 16.5. The summed E-state index contributed by atoms with van der Waals surface area (Å²) in [4.78, 5) is 58.4. The normalized spacial score (nSPS) is 20.2. The first-order valence-electron chi connectivity index (χ1n) is 7.56. The predicted molar refractivity (Wildman–Crippen MR) is 93.2 cm³/mol. The summed E-state index contributed by atoms with van der Waals surface area (Å²) in [5.41, 5.74) is 9.29. The van der Waals surface area contributed by atoms with Gasteiger partial charge in [0.1, 0.15) is 0 Å². The molecule has 9 N–H and O–H groups in total. The molecule has 2 unspecified atom stereocenters. The maximum absolute atomic E-state index is 10.8. The van der Waals surface area contributed by atoms with E-state index in [4.69, 9.17) is 10.6 Å². The Morgan fingerprint density at radius 3 is 2.50 bits per heavy atom. The summed E-state index contributed by atoms with van der Waals surface area (Å²) in [5.74, 6) is 0. The summed E-state index contributed by atoms with van der Waals surface area (Å²) in [6.07, 6.45) is 3.54. The van der Waals surface area contributed by atoms with Gasteiger partial charge in [-0.05, 0) is 0 Å². The fourth-order valence-corrected chi connectivity index (χ4v) is 5.58. The third kappa shape index (κ3) is 6.08. The number of nitrogens with one attached hydrogen (secondary N) is 2. The van der Waals surface area contributed by atoms with E-state index in [1.54, 1.807) is 6.92 Å². The van der Waals surface area contributed by atoms with E-state index in [0.29, 0.717) is 0 Å². The van der Waals surface area contributed by atoms with E-state index >= 15 is 0 Å². The van der Waals surface area contributed by atoms with Gasteiger partial charge in [0.15, 0.2) is 0 Å². The standard InChI is InChI=1S/C11H27N5O8P2/c1-4-10(3,23-15-24-14-22-9(2)12)25(18)11(17,26(19,20)21)7-16-6-5-13-8-16/h5-6,8-9,14-15,17-21,26H,4,7,12H2,1-3H3/t9?,10-,11?,25+/m0/s1. The maximum atomic E-state index is 10.8. The van der Waals surface area contributed by atoms with Gasteiger partial charge >= 0.3 is 151 Å². The monoisotopic (exact) mass is 419 g/mol. The van der Waals surface area contributed by atoms with Crippen molar-refractivity contribution in [3.63, 3.8) is 0 Å². The molecule has 1 heterocycles. The van der Waals surface area contributed by atoms with E-state index in [2.05, 4.69) is 14.8 Å². The van der Waals surface area contributed by atoms with Crippen LogP contribution in [0.1, 0.15) is 27.2 Å². The first-order chi connectivity index (χ1) is 12.0. The molecule has 15 heteroatoms. The Balaban J connectivity index is 2.89. The number of hydrogen-bond acceptors (Lipinski definition) is 12. The third-order valence-electron chi connectivity index (χ3n) is 3.53. The van der Waals surface area contributed by atoms with Gasteiger partial charge in [0.05, 0.1) is 0 Å². The van der Waals surface area contributed by atoms with Gasteiger partial charge in [-0.1, -0.05) is 0 Å². The van der Waals surface area contributed by atoms with Gasteiger partial charge < -0.3 is 0 Å². The summed E-state index contributed by atoms with van der Waals surface area (Å²) in [5, 5.41) is 6.57. The quantitative estimate of drug-likeness (QED) is 0.0865. The summed E-state index contributed by atoms with van der Waals surface area (Å²) in [6, 6.07) is 0. The van der Waals surface area contributed by atoms with Crippen LogP contribution >= 0.6 is 16.1 Å². The second kappa shape index (κ2) is 9.71. The van der Waals surface area contributed by atoms with Crippen molar-refractivity contribution in [1.29, 1.82) is 0 Å². The molecule has 1 aromatic rings. The first kappa shape index (κ1) is 23.7. The molecular formula is C11H27N5O8P2. The predicted octanol–water partition coefficient (Wildman–Crippen LogP) is -1.29. The Kier molecular flexibility index (Phi) is 8.84. The van der Waals surface area contributed by atoms with E-state index in [1.165, 1.54) is 37.1 Å². The van der Waals surface area contributed by atoms with Crippen molar-refractivity contribution in [1.82, 2.24) is 20.8 Å². The summed E-state index contributed by atoms with van der Waals surface area (Å²) in [6.45, 7) is 4.02. The van der Waals surface area contributed by atoms with Gasteiger partial charge in [0.25, 0.3) is 0 Å². The molecule has 0 fully saturated rings. The van der Waals surface area contributed by atoms with Crippen molar-refractivity contribution in [3.05, 3.63) is 18.7 Å². The van der Waals surface area contributed by atoms with E-state index in [0.717, 1.165) is 0 Å². The number of aliphatic hydroxyl groups is 1. The summed E-state index contributed by atoms with van der Waals surface area (Å²) in [7, 11) is -7.98. The molecule has 26 heavy (non-hydrogen) atoms. The van der Waals surface area contributed by atoms with Gasteiger partial charge in [-0.25, -0.2) is 0 Å². The average Bonchev–Trinajstić information content (AvgIpc) is 3.04. The van der Waals surface area contributed by atoms with Crippen molar-refractivity contribution in [2.45, 2.75) is 50.4 Å². The van der Waals surface area contributed by atoms with Crippen LogP contribution < -0.4 is 17.0 Å². The zero-order chi connectivity index (χ0) is 20.0. The van der Waals surface area contributed by atoms with E-state index in [-0.39, 0.29) is 6.42 Å². The second-order valence-corrected chi connectivity index (χ2v) is 10.5. The number of aromatic nitrogens is 2. The van der Waals surface area contributed by atoms with Crippen molar-refractivity contribution < 1.29 is 39.3 Å². The fourth-order valence-electron chi connectivity index (χ4n) is 1.83. The van der Waals surface area contributed by atoms with Crippen LogP contribution in [0, 0.1) is 0 Å². The van der Waals surface area contributed by atoms with Crippen molar-refractivity contribution >= 4 is 16.1 Å². The van der Waals surface area contributed by atoms with Crippen LogP contribution in [0.2, 0.25) is 0 Å². The van der Waals surface area contributed by atoms with Crippen LogP contribution in [0.25, 0.3) is 0 Å². The van der Waals surface area contributed by atoms with E-state index < -0.39 is 39.3 Å². The number of rotatable bonds is 12. The molecule has 0 aliphatic carbocycles. The molecule has 0 amide bonds. The molecule has 0 aliphatic heterocycles. The molecule has 0 radical (unpaired) electrons. The molecule has 0 aliphatic rings. The molecule has 154 valence electrons. The van der Waals surface area contributed by atoms with Gasteiger partial charge in [-0.3, -0.25) is 0 Å². The topological polar surface area (TPSA) is 197 Å². The van der Waals surface area contributed by atoms with Crippen LogP contribution in [-0.2, 0) is 21.2 Å². The third-order valence-corrected chi connectivity index (χ3v) is 8.45. The summed E-state index contributed by atoms with van der Waals surface area (Å²) >= 11 is 0. The van der Waals surface area contributed by atoms with Crippen LogP contribution in [0.5, 0.6) is 0 Å². The van der Waals surface area contributed by atoms with Gasteiger partial charge in [0.2, 0.25) is 0 Å². The number of imidazole rings is 1. The van der Waals surface area contributed by atoms with Crippen molar-refractivity contribution in [2.75, 3.05) is 0 Å². The molecule has 4 atom stereocenters. The van der Waals surface area contributed by atoms with Gasteiger partial charge in [0, 0.05) is 0 Å². The minimum atomic E-state index is -5.25. The average molecular weight is 419 g/mol. The van der Waals surface area contributed by atoms with Crippen LogP contribution in [0.3, 0.4) is 0 Å². The second-order valence-electron chi connectivity index (χ2n) is 5.72. The van der Waals surface area contributed by atoms with Crippen molar-refractivity contribution in [3.8, 4) is 0 Å². The number of nitrogens with two attached hydrogens (primary N) is 1. The Morgan fingerprint density at radius 1 is 1.38 bits per heavy atom. The Bertz CT molecular complexity index is 533. The Hall–Kier alpha value is -0.370. The molecule has 13 nitrogen and oxygen atoms in total. The molecular weight excluding hydrogens is 392 g/mol. The molecule has 0 aromatic carbocycles. The zero-order valence-electron chi connectivity index (χ0n) is 14.6. The van der Waals surface area contributed by atoms with E-state index in [1.807, 2.05) is 11.3 Å². The molecule has 0 spiro atoms. The van der Waals surface area contributed by atoms with Gasteiger partial charge in [-0.2, -0.15) is 0 Å². The number of hydrogen-bond donors (Lipinski definition) is 8. The molecule has 1 rings (SSSR count). The SMILES string of the molecule is CC[C@@](C)(ONONOC(C)N)[P@@](O)C(O)(Cn1ccnc1)[PH](O)(O)O. The number of nitrogens with zero attached hydrogens (tertiary/aromatic N) is 2. The Labute approximate surface area is 151 Å². The molecule has 0 bridgehead atoms. The minimum absolute atomic E-state index is 0.108. The first-order valence-corrected chi connectivity index (χ1v) is 10.7. The molecule has 0 saturated carbocycles. The van der Waals surface area contributed by atoms with Gasteiger partial charge in [-0.15, -0.1) is 0 Å². The molecule has 0 saturated heterocycles. The fraction of sp³-hybridized carbons (Fsp3) is 0.727. The van der Waals surface area contributed by atoms with E-state index in [9.17, 15) is 24.7 Å².